The van der Waals surface area contributed by atoms with Crippen LogP contribution in [0.4, 0.5) is 4.79 Å². The van der Waals surface area contributed by atoms with Crippen LogP contribution < -0.4 is 5.32 Å². The van der Waals surface area contributed by atoms with Crippen molar-refractivity contribution in [2.24, 2.45) is 5.92 Å². The first-order valence-corrected chi connectivity index (χ1v) is 6.93. The molecule has 112 valence electrons. The lowest BCUT2D eigenvalue weighted by Gasteiger charge is -2.41. The molecule has 0 spiro atoms. The standard InChI is InChI=1S/C13H23N5O2/c1-7-5-9(12-14-8(2)16-17-12)11(18(3)4)6-10(7)15-13(19)20/h7,9-11,15H,5-6H2,1-4H3,(H,19,20)(H,14,16,17). The van der Waals surface area contributed by atoms with Crippen LogP contribution in [-0.4, -0.2) is 57.5 Å². The summed E-state index contributed by atoms with van der Waals surface area (Å²) in [6.45, 7) is 3.97. The third kappa shape index (κ3) is 3.09. The van der Waals surface area contributed by atoms with Crippen LogP contribution in [0.2, 0.25) is 0 Å². The number of amides is 1. The quantitative estimate of drug-likeness (QED) is 0.773. The van der Waals surface area contributed by atoms with E-state index in [0.717, 1.165) is 24.5 Å². The predicted octanol–water partition coefficient (Wildman–Crippen LogP) is 1.19. The first kappa shape index (κ1) is 14.8. The number of aryl methyl sites for hydroxylation is 1. The largest absolute Gasteiger partial charge is 0.465 e. The van der Waals surface area contributed by atoms with Crippen molar-refractivity contribution in [2.45, 2.75) is 44.7 Å². The van der Waals surface area contributed by atoms with E-state index in [1.807, 2.05) is 21.0 Å². The Hall–Kier alpha value is -1.63. The van der Waals surface area contributed by atoms with E-state index < -0.39 is 6.09 Å². The molecule has 3 N–H and O–H groups in total. The fourth-order valence-corrected chi connectivity index (χ4v) is 3.11. The van der Waals surface area contributed by atoms with Crippen LogP contribution in [0, 0.1) is 12.8 Å². The molecular weight excluding hydrogens is 258 g/mol. The lowest BCUT2D eigenvalue weighted by molar-refractivity contribution is 0.125. The van der Waals surface area contributed by atoms with E-state index in [2.05, 4.69) is 32.3 Å². The molecule has 0 aliphatic heterocycles. The molecular formula is C13H23N5O2. The Balaban J connectivity index is 2.19. The first-order valence-electron chi connectivity index (χ1n) is 6.93. The lowest BCUT2D eigenvalue weighted by Crippen LogP contribution is -2.50. The maximum atomic E-state index is 10.9. The molecule has 1 aliphatic rings. The average molecular weight is 281 g/mol. The molecule has 1 aliphatic carbocycles. The summed E-state index contributed by atoms with van der Waals surface area (Å²) in [6, 6.07) is 0.217. The topological polar surface area (TPSA) is 94.1 Å². The zero-order chi connectivity index (χ0) is 14.9. The van der Waals surface area contributed by atoms with Crippen LogP contribution in [0.3, 0.4) is 0 Å². The van der Waals surface area contributed by atoms with E-state index in [4.69, 9.17) is 5.11 Å². The molecule has 1 aromatic rings. The molecule has 1 fully saturated rings. The van der Waals surface area contributed by atoms with E-state index >= 15 is 0 Å². The summed E-state index contributed by atoms with van der Waals surface area (Å²) in [5.41, 5.74) is 0. The van der Waals surface area contributed by atoms with Gasteiger partial charge in [-0.1, -0.05) is 6.92 Å². The molecule has 1 aromatic heterocycles. The smallest absolute Gasteiger partial charge is 0.404 e. The second-order valence-electron chi connectivity index (χ2n) is 5.92. The Morgan fingerprint density at radius 3 is 2.65 bits per heavy atom. The van der Waals surface area contributed by atoms with Gasteiger partial charge in [0.15, 0.2) is 5.82 Å². The fourth-order valence-electron chi connectivity index (χ4n) is 3.11. The van der Waals surface area contributed by atoms with Gasteiger partial charge in [0, 0.05) is 18.0 Å². The van der Waals surface area contributed by atoms with E-state index in [-0.39, 0.29) is 23.9 Å². The first-order chi connectivity index (χ1) is 9.38. The molecule has 1 amide bonds. The molecule has 1 heterocycles. The zero-order valence-corrected chi connectivity index (χ0v) is 12.4. The Labute approximate surface area is 118 Å². The van der Waals surface area contributed by atoms with Gasteiger partial charge < -0.3 is 15.3 Å². The third-order valence-corrected chi connectivity index (χ3v) is 4.19. The van der Waals surface area contributed by atoms with Crippen molar-refractivity contribution in [2.75, 3.05) is 14.1 Å². The van der Waals surface area contributed by atoms with Gasteiger partial charge in [-0.25, -0.2) is 9.78 Å². The number of carboxylic acid groups (broad SMARTS) is 1. The molecule has 0 aromatic carbocycles. The van der Waals surface area contributed by atoms with Gasteiger partial charge in [0.2, 0.25) is 0 Å². The van der Waals surface area contributed by atoms with Crippen molar-refractivity contribution in [3.8, 4) is 0 Å². The Morgan fingerprint density at radius 1 is 1.45 bits per heavy atom. The van der Waals surface area contributed by atoms with Gasteiger partial charge in [0.25, 0.3) is 0 Å². The molecule has 0 radical (unpaired) electrons. The number of hydrogen-bond donors (Lipinski definition) is 3. The summed E-state index contributed by atoms with van der Waals surface area (Å²) in [6.07, 6.45) is 0.704. The van der Waals surface area contributed by atoms with Crippen molar-refractivity contribution < 1.29 is 9.90 Å². The van der Waals surface area contributed by atoms with Crippen molar-refractivity contribution in [1.29, 1.82) is 0 Å². The Bertz CT molecular complexity index is 473. The van der Waals surface area contributed by atoms with E-state index in [1.165, 1.54) is 0 Å². The van der Waals surface area contributed by atoms with Gasteiger partial charge in [-0.05, 0) is 39.8 Å². The van der Waals surface area contributed by atoms with Crippen LogP contribution in [0.15, 0.2) is 0 Å². The Kier molecular flexibility index (Phi) is 4.27. The van der Waals surface area contributed by atoms with Gasteiger partial charge in [-0.15, -0.1) is 0 Å². The van der Waals surface area contributed by atoms with Crippen LogP contribution in [0.1, 0.15) is 37.3 Å². The zero-order valence-electron chi connectivity index (χ0n) is 12.4. The third-order valence-electron chi connectivity index (χ3n) is 4.19. The average Bonchev–Trinajstić information content (AvgIpc) is 2.77. The summed E-state index contributed by atoms with van der Waals surface area (Å²) < 4.78 is 0. The molecule has 1 saturated carbocycles. The fraction of sp³-hybridized carbons (Fsp3) is 0.769. The van der Waals surface area contributed by atoms with Crippen LogP contribution in [-0.2, 0) is 0 Å². The minimum absolute atomic E-state index is 0.0174. The van der Waals surface area contributed by atoms with Gasteiger partial charge in [-0.3, -0.25) is 5.10 Å². The van der Waals surface area contributed by atoms with Crippen molar-refractivity contribution >= 4 is 6.09 Å². The molecule has 7 heteroatoms. The Morgan fingerprint density at radius 2 is 2.15 bits per heavy atom. The highest BCUT2D eigenvalue weighted by Gasteiger charge is 2.39. The summed E-state index contributed by atoms with van der Waals surface area (Å²) in [5.74, 6) is 2.15. The van der Waals surface area contributed by atoms with E-state index in [0.29, 0.717) is 0 Å². The summed E-state index contributed by atoms with van der Waals surface area (Å²) in [5, 5.41) is 18.8. The molecule has 4 unspecified atom stereocenters. The second-order valence-corrected chi connectivity index (χ2v) is 5.92. The molecule has 2 rings (SSSR count). The SMILES string of the molecule is Cc1nc(C2CC(C)C(NC(=O)O)CC2N(C)C)n[nH]1. The van der Waals surface area contributed by atoms with Crippen LogP contribution in [0.25, 0.3) is 0 Å². The van der Waals surface area contributed by atoms with Crippen LogP contribution >= 0.6 is 0 Å². The number of nitrogens with zero attached hydrogens (tertiary/aromatic N) is 3. The monoisotopic (exact) mass is 281 g/mol. The molecule has 4 atom stereocenters. The minimum Gasteiger partial charge on any atom is -0.465 e. The molecule has 20 heavy (non-hydrogen) atoms. The van der Waals surface area contributed by atoms with Gasteiger partial charge in [-0.2, -0.15) is 5.10 Å². The number of hydrogen-bond acceptors (Lipinski definition) is 4. The van der Waals surface area contributed by atoms with Crippen LogP contribution in [0.5, 0.6) is 0 Å². The van der Waals surface area contributed by atoms with Crippen molar-refractivity contribution in [3.63, 3.8) is 0 Å². The highest BCUT2D eigenvalue weighted by atomic mass is 16.4. The number of aromatic nitrogens is 3. The number of likely N-dealkylation sites (N-methyl/N-ethyl adjacent to an activating group) is 1. The van der Waals surface area contributed by atoms with Gasteiger partial charge >= 0.3 is 6.09 Å². The maximum Gasteiger partial charge on any atom is 0.404 e. The summed E-state index contributed by atoms with van der Waals surface area (Å²) >= 11 is 0. The van der Waals surface area contributed by atoms with Gasteiger partial charge in [0.1, 0.15) is 5.82 Å². The number of carbonyl (C=O) groups is 1. The number of H-pyrrole nitrogens is 1. The van der Waals surface area contributed by atoms with Crippen molar-refractivity contribution in [1.82, 2.24) is 25.4 Å². The van der Waals surface area contributed by atoms with E-state index in [1.54, 1.807) is 0 Å². The maximum absolute atomic E-state index is 10.9. The normalized spacial score (nSPS) is 30.4. The summed E-state index contributed by atoms with van der Waals surface area (Å²) in [7, 11) is 4.04. The van der Waals surface area contributed by atoms with Gasteiger partial charge in [0.05, 0.1) is 0 Å². The lowest BCUT2D eigenvalue weighted by atomic mass is 9.75. The van der Waals surface area contributed by atoms with E-state index in [9.17, 15) is 4.79 Å². The number of nitrogens with one attached hydrogen (secondary N) is 2. The molecule has 7 nitrogen and oxygen atoms in total. The minimum atomic E-state index is -0.952. The highest BCUT2D eigenvalue weighted by Crippen LogP contribution is 2.37. The summed E-state index contributed by atoms with van der Waals surface area (Å²) in [4.78, 5) is 17.5. The molecule has 0 bridgehead atoms. The molecule has 0 saturated heterocycles. The number of aromatic amines is 1. The van der Waals surface area contributed by atoms with Crippen molar-refractivity contribution in [3.05, 3.63) is 11.6 Å². The predicted molar refractivity (Wildman–Crippen MR) is 74.7 cm³/mol. The highest BCUT2D eigenvalue weighted by molar-refractivity contribution is 5.64. The second kappa shape index (κ2) is 5.78. The number of rotatable bonds is 3.